The van der Waals surface area contributed by atoms with Crippen molar-refractivity contribution in [3.8, 4) is 0 Å². The van der Waals surface area contributed by atoms with Crippen LogP contribution < -0.4 is 11.1 Å². The van der Waals surface area contributed by atoms with Gasteiger partial charge in [-0.25, -0.2) is 4.57 Å². The minimum atomic E-state index is -4.30. The molecule has 0 aromatic rings. The van der Waals surface area contributed by atoms with Crippen molar-refractivity contribution in [2.45, 2.75) is 206 Å². The van der Waals surface area contributed by atoms with E-state index in [0.717, 1.165) is 38.5 Å². The highest BCUT2D eigenvalue weighted by atomic mass is 31.2. The number of carbonyl (C=O) groups excluding carboxylic acids is 1. The average Bonchev–Trinajstić information content (AvgIpc) is 3.05. The molecule has 47 heavy (non-hydrogen) atoms. The SMILES string of the molecule is CCCCCCCC/C=C\CCCCCCCCCC(=O)NC(COP(=O)(O)OCCN)C(O)CCCCCCCCCCCCC. The Hall–Kier alpha value is -0.760. The first-order valence-electron chi connectivity index (χ1n) is 19.8. The molecule has 280 valence electrons. The molecule has 0 spiro atoms. The summed E-state index contributed by atoms with van der Waals surface area (Å²) in [5.41, 5.74) is 5.36. The van der Waals surface area contributed by atoms with E-state index in [4.69, 9.17) is 14.8 Å². The Bertz CT molecular complexity index is 754. The second kappa shape index (κ2) is 35.1. The Morgan fingerprint density at radius 2 is 1.11 bits per heavy atom. The summed E-state index contributed by atoms with van der Waals surface area (Å²) in [5, 5.41) is 13.7. The summed E-state index contributed by atoms with van der Waals surface area (Å²) in [7, 11) is -4.30. The van der Waals surface area contributed by atoms with E-state index in [1.54, 1.807) is 0 Å². The standard InChI is InChI=1S/C38H77N2O6P/c1-3-5-7-9-11-13-15-16-17-18-19-20-22-24-26-28-30-32-38(42)40-36(35-46-47(43,44)45-34-33-39)37(41)31-29-27-25-23-21-14-12-10-8-6-4-2/h16-17,36-37,41H,3-15,18-35,39H2,1-2H3,(H,40,42)(H,43,44)/b17-16-. The minimum Gasteiger partial charge on any atom is -0.391 e. The van der Waals surface area contributed by atoms with Gasteiger partial charge in [0.25, 0.3) is 0 Å². The number of amides is 1. The van der Waals surface area contributed by atoms with Crippen molar-refractivity contribution in [3.05, 3.63) is 12.2 Å². The van der Waals surface area contributed by atoms with Crippen LogP contribution in [-0.4, -0.2) is 47.8 Å². The molecular weight excluding hydrogens is 611 g/mol. The molecular formula is C38H77N2O6P. The van der Waals surface area contributed by atoms with E-state index in [2.05, 4.69) is 31.3 Å². The number of aliphatic hydroxyl groups is 1. The summed E-state index contributed by atoms with van der Waals surface area (Å²) in [6.07, 6.45) is 36.4. The number of rotatable bonds is 37. The lowest BCUT2D eigenvalue weighted by Gasteiger charge is -2.25. The zero-order chi connectivity index (χ0) is 34.7. The molecule has 3 atom stereocenters. The van der Waals surface area contributed by atoms with Crippen molar-refractivity contribution in [1.82, 2.24) is 5.32 Å². The Kier molecular flexibility index (Phi) is 34.5. The monoisotopic (exact) mass is 689 g/mol. The number of hydrogen-bond donors (Lipinski definition) is 4. The van der Waals surface area contributed by atoms with Gasteiger partial charge >= 0.3 is 7.82 Å². The number of phosphoric acid groups is 1. The van der Waals surface area contributed by atoms with Crippen LogP contribution in [0.15, 0.2) is 12.2 Å². The number of aliphatic hydroxyl groups excluding tert-OH is 1. The van der Waals surface area contributed by atoms with Crippen molar-refractivity contribution in [3.63, 3.8) is 0 Å². The zero-order valence-electron chi connectivity index (χ0n) is 30.8. The second-order valence-corrected chi connectivity index (χ2v) is 14.9. The summed E-state index contributed by atoms with van der Waals surface area (Å²) in [5.74, 6) is -0.167. The number of hydrogen-bond acceptors (Lipinski definition) is 6. The highest BCUT2D eigenvalue weighted by Gasteiger charge is 2.27. The molecule has 5 N–H and O–H groups in total. The normalized spacial score (nSPS) is 14.4. The van der Waals surface area contributed by atoms with Crippen molar-refractivity contribution in [2.24, 2.45) is 5.73 Å². The van der Waals surface area contributed by atoms with E-state index >= 15 is 0 Å². The van der Waals surface area contributed by atoms with Crippen molar-refractivity contribution < 1.29 is 28.4 Å². The van der Waals surface area contributed by atoms with E-state index in [-0.39, 0.29) is 25.7 Å². The molecule has 0 aliphatic carbocycles. The molecule has 8 nitrogen and oxygen atoms in total. The van der Waals surface area contributed by atoms with E-state index in [9.17, 15) is 19.4 Å². The summed E-state index contributed by atoms with van der Waals surface area (Å²) in [6, 6.07) is -0.771. The first kappa shape index (κ1) is 46.2. The largest absolute Gasteiger partial charge is 0.472 e. The molecule has 1 amide bonds. The molecule has 0 rings (SSSR count). The van der Waals surface area contributed by atoms with Gasteiger partial charge in [-0.2, -0.15) is 0 Å². The Balaban J connectivity index is 4.18. The van der Waals surface area contributed by atoms with Crippen LogP contribution in [0.2, 0.25) is 0 Å². The smallest absolute Gasteiger partial charge is 0.391 e. The van der Waals surface area contributed by atoms with Crippen LogP contribution in [-0.2, 0) is 18.4 Å². The fourth-order valence-corrected chi connectivity index (χ4v) is 6.60. The minimum absolute atomic E-state index is 0.0895. The van der Waals surface area contributed by atoms with E-state index in [1.807, 2.05) is 0 Å². The Labute approximate surface area is 290 Å². The van der Waals surface area contributed by atoms with E-state index < -0.39 is 20.0 Å². The third kappa shape index (κ3) is 33.5. The number of allylic oxidation sites excluding steroid dienone is 2. The zero-order valence-corrected chi connectivity index (χ0v) is 31.7. The maximum atomic E-state index is 12.7. The lowest BCUT2D eigenvalue weighted by Crippen LogP contribution is -2.46. The first-order valence-corrected chi connectivity index (χ1v) is 21.3. The lowest BCUT2D eigenvalue weighted by molar-refractivity contribution is -0.123. The molecule has 0 heterocycles. The molecule has 0 radical (unpaired) electrons. The molecule has 0 bridgehead atoms. The molecule has 0 fully saturated rings. The number of unbranched alkanes of at least 4 members (excludes halogenated alkanes) is 23. The number of phosphoric ester groups is 1. The molecule has 3 unspecified atom stereocenters. The van der Waals surface area contributed by atoms with Crippen LogP contribution in [0.5, 0.6) is 0 Å². The third-order valence-corrected chi connectivity index (χ3v) is 9.85. The van der Waals surface area contributed by atoms with Crippen molar-refractivity contribution in [2.75, 3.05) is 19.8 Å². The maximum Gasteiger partial charge on any atom is 0.472 e. The predicted molar refractivity (Wildman–Crippen MR) is 198 cm³/mol. The lowest BCUT2D eigenvalue weighted by atomic mass is 10.0. The highest BCUT2D eigenvalue weighted by molar-refractivity contribution is 7.47. The molecule has 0 aliphatic rings. The van der Waals surface area contributed by atoms with Crippen LogP contribution in [0, 0.1) is 0 Å². The quantitative estimate of drug-likeness (QED) is 0.0290. The summed E-state index contributed by atoms with van der Waals surface area (Å²) in [4.78, 5) is 22.6. The molecule has 0 aromatic heterocycles. The molecule has 0 aliphatic heterocycles. The van der Waals surface area contributed by atoms with Crippen molar-refractivity contribution in [1.29, 1.82) is 0 Å². The second-order valence-electron chi connectivity index (χ2n) is 13.5. The molecule has 9 heteroatoms. The number of carbonyl (C=O) groups is 1. The van der Waals surface area contributed by atoms with Gasteiger partial charge in [0.05, 0.1) is 25.4 Å². The van der Waals surface area contributed by atoms with Crippen LogP contribution in [0.1, 0.15) is 194 Å². The summed E-state index contributed by atoms with van der Waals surface area (Å²) >= 11 is 0. The van der Waals surface area contributed by atoms with Gasteiger partial charge in [0.15, 0.2) is 0 Å². The van der Waals surface area contributed by atoms with Gasteiger partial charge in [0, 0.05) is 13.0 Å². The van der Waals surface area contributed by atoms with Gasteiger partial charge in [-0.15, -0.1) is 0 Å². The highest BCUT2D eigenvalue weighted by Crippen LogP contribution is 2.43. The third-order valence-electron chi connectivity index (χ3n) is 8.87. The van der Waals surface area contributed by atoms with Crippen LogP contribution in [0.3, 0.4) is 0 Å². The maximum absolute atomic E-state index is 12.7. The summed E-state index contributed by atoms with van der Waals surface area (Å²) in [6.45, 7) is 4.19. The molecule has 0 saturated carbocycles. The first-order chi connectivity index (χ1) is 22.9. The number of nitrogens with one attached hydrogen (secondary N) is 1. The number of nitrogens with two attached hydrogens (primary N) is 1. The fourth-order valence-electron chi connectivity index (χ4n) is 5.84. The van der Waals surface area contributed by atoms with Gasteiger partial charge in [-0.05, 0) is 38.5 Å². The van der Waals surface area contributed by atoms with E-state index in [0.29, 0.717) is 12.8 Å². The van der Waals surface area contributed by atoms with Crippen LogP contribution in [0.25, 0.3) is 0 Å². The van der Waals surface area contributed by atoms with Gasteiger partial charge < -0.3 is 21.1 Å². The predicted octanol–water partition coefficient (Wildman–Crippen LogP) is 10.4. The van der Waals surface area contributed by atoms with Gasteiger partial charge in [0.1, 0.15) is 0 Å². The Morgan fingerprint density at radius 1 is 0.681 bits per heavy atom. The van der Waals surface area contributed by atoms with Gasteiger partial charge in [-0.1, -0.05) is 161 Å². The fraction of sp³-hybridized carbons (Fsp3) is 0.921. The topological polar surface area (TPSA) is 131 Å². The van der Waals surface area contributed by atoms with Gasteiger partial charge in [-0.3, -0.25) is 13.8 Å². The Morgan fingerprint density at radius 3 is 1.57 bits per heavy atom. The van der Waals surface area contributed by atoms with Crippen LogP contribution >= 0.6 is 7.82 Å². The van der Waals surface area contributed by atoms with E-state index in [1.165, 1.54) is 128 Å². The van der Waals surface area contributed by atoms with Crippen LogP contribution in [0.4, 0.5) is 0 Å². The summed E-state index contributed by atoms with van der Waals surface area (Å²) < 4.78 is 22.1. The van der Waals surface area contributed by atoms with Gasteiger partial charge in [0.2, 0.25) is 5.91 Å². The molecule has 0 aromatic carbocycles. The average molecular weight is 689 g/mol. The van der Waals surface area contributed by atoms with Crippen molar-refractivity contribution >= 4 is 13.7 Å². The molecule has 0 saturated heterocycles.